The van der Waals surface area contributed by atoms with Crippen LogP contribution in [0.1, 0.15) is 33.6 Å². The van der Waals surface area contributed by atoms with Crippen molar-refractivity contribution in [2.75, 3.05) is 19.7 Å². The quantitative estimate of drug-likeness (QED) is 0.851. The molecule has 22 heavy (non-hydrogen) atoms. The van der Waals surface area contributed by atoms with E-state index in [-0.39, 0.29) is 11.9 Å². The lowest BCUT2D eigenvalue weighted by Crippen LogP contribution is -2.42. The van der Waals surface area contributed by atoms with Gasteiger partial charge in [-0.25, -0.2) is 9.18 Å². The number of amides is 1. The normalized spacial score (nSPS) is 16.5. The van der Waals surface area contributed by atoms with Crippen LogP contribution in [0.4, 0.5) is 9.18 Å². The molecule has 122 valence electrons. The van der Waals surface area contributed by atoms with Crippen LogP contribution in [0.3, 0.4) is 0 Å². The molecule has 0 bridgehead atoms. The first-order valence-corrected chi connectivity index (χ1v) is 7.70. The van der Waals surface area contributed by atoms with Gasteiger partial charge >= 0.3 is 6.09 Å². The fourth-order valence-electron chi connectivity index (χ4n) is 2.38. The third-order valence-corrected chi connectivity index (χ3v) is 3.55. The Morgan fingerprint density at radius 2 is 2.00 bits per heavy atom. The number of nitrogens with zero attached hydrogens (tertiary/aromatic N) is 1. The number of benzene rings is 1. The Hall–Kier alpha value is -1.78. The molecule has 0 unspecified atom stereocenters. The molecule has 1 amide bonds. The number of carbonyl (C=O) groups is 1. The van der Waals surface area contributed by atoms with Crippen LogP contribution < -0.4 is 4.74 Å². The molecule has 1 aromatic carbocycles. The van der Waals surface area contributed by atoms with Gasteiger partial charge in [0.15, 0.2) is 0 Å². The number of rotatable bonds is 3. The highest BCUT2D eigenvalue weighted by Gasteiger charge is 2.27. The Labute approximate surface area is 131 Å². The van der Waals surface area contributed by atoms with Crippen molar-refractivity contribution in [1.82, 2.24) is 4.90 Å². The fraction of sp³-hybridized carbons (Fsp3) is 0.588. The van der Waals surface area contributed by atoms with Gasteiger partial charge in [0, 0.05) is 19.2 Å². The number of carbonyl (C=O) groups excluding carboxylic acids is 1. The van der Waals surface area contributed by atoms with Crippen LogP contribution in [-0.4, -0.2) is 36.3 Å². The molecular weight excluding hydrogens is 285 g/mol. The van der Waals surface area contributed by atoms with E-state index in [1.165, 1.54) is 12.1 Å². The summed E-state index contributed by atoms with van der Waals surface area (Å²) >= 11 is 0. The van der Waals surface area contributed by atoms with E-state index in [1.54, 1.807) is 17.0 Å². The highest BCUT2D eigenvalue weighted by atomic mass is 19.1. The minimum Gasteiger partial charge on any atom is -0.493 e. The molecule has 1 aliphatic heterocycles. The summed E-state index contributed by atoms with van der Waals surface area (Å²) in [4.78, 5) is 13.7. The largest absolute Gasteiger partial charge is 0.493 e. The molecule has 2 rings (SSSR count). The molecule has 4 nitrogen and oxygen atoms in total. The van der Waals surface area contributed by atoms with Crippen LogP contribution in [0.25, 0.3) is 0 Å². The summed E-state index contributed by atoms with van der Waals surface area (Å²) in [5.41, 5.74) is -0.464. The Morgan fingerprint density at radius 3 is 2.59 bits per heavy atom. The van der Waals surface area contributed by atoms with E-state index in [2.05, 4.69) is 0 Å². The standard InChI is InChI=1S/C17H24FNO3/c1-17(2,3)22-16(20)19-9-7-13(8-10-19)12-21-15-6-4-5-14(18)11-15/h4-6,11,13H,7-10,12H2,1-3H3. The maximum absolute atomic E-state index is 13.1. The average molecular weight is 309 g/mol. The minimum atomic E-state index is -0.464. The molecule has 0 aliphatic carbocycles. The number of likely N-dealkylation sites (tertiary alicyclic amines) is 1. The number of piperidine rings is 1. The van der Waals surface area contributed by atoms with E-state index < -0.39 is 5.60 Å². The van der Waals surface area contributed by atoms with Crippen LogP contribution in [-0.2, 0) is 4.74 Å². The van der Waals surface area contributed by atoms with Crippen molar-refractivity contribution >= 4 is 6.09 Å². The zero-order valence-electron chi connectivity index (χ0n) is 13.5. The van der Waals surface area contributed by atoms with Crippen molar-refractivity contribution in [3.8, 4) is 5.75 Å². The van der Waals surface area contributed by atoms with Crippen LogP contribution >= 0.6 is 0 Å². The van der Waals surface area contributed by atoms with Gasteiger partial charge in [-0.15, -0.1) is 0 Å². The van der Waals surface area contributed by atoms with Gasteiger partial charge in [0.05, 0.1) is 6.61 Å². The molecule has 5 heteroatoms. The predicted molar refractivity (Wildman–Crippen MR) is 82.4 cm³/mol. The highest BCUT2D eigenvalue weighted by molar-refractivity contribution is 5.68. The van der Waals surface area contributed by atoms with Crippen molar-refractivity contribution in [2.24, 2.45) is 5.92 Å². The van der Waals surface area contributed by atoms with E-state index in [4.69, 9.17) is 9.47 Å². The SMILES string of the molecule is CC(C)(C)OC(=O)N1CCC(COc2cccc(F)c2)CC1. The van der Waals surface area contributed by atoms with Crippen molar-refractivity contribution < 1.29 is 18.7 Å². The minimum absolute atomic E-state index is 0.253. The Balaban J connectivity index is 1.74. The zero-order chi connectivity index (χ0) is 16.2. The van der Waals surface area contributed by atoms with E-state index in [0.29, 0.717) is 31.4 Å². The summed E-state index contributed by atoms with van der Waals surface area (Å²) < 4.78 is 24.1. The monoisotopic (exact) mass is 309 g/mol. The lowest BCUT2D eigenvalue weighted by atomic mass is 9.98. The molecule has 1 aromatic rings. The molecule has 0 atom stereocenters. The van der Waals surface area contributed by atoms with Crippen LogP contribution in [0, 0.1) is 11.7 Å². The van der Waals surface area contributed by atoms with Crippen LogP contribution in [0.15, 0.2) is 24.3 Å². The van der Waals surface area contributed by atoms with Gasteiger partial charge in [0.25, 0.3) is 0 Å². The second kappa shape index (κ2) is 6.99. The first kappa shape index (κ1) is 16.6. The van der Waals surface area contributed by atoms with Crippen LogP contribution in [0.5, 0.6) is 5.75 Å². The van der Waals surface area contributed by atoms with Gasteiger partial charge in [-0.3, -0.25) is 0 Å². The summed E-state index contributed by atoms with van der Waals surface area (Å²) in [5, 5.41) is 0. The smallest absolute Gasteiger partial charge is 0.410 e. The summed E-state index contributed by atoms with van der Waals surface area (Å²) in [7, 11) is 0. The summed E-state index contributed by atoms with van der Waals surface area (Å²) in [5.74, 6) is 0.633. The number of hydrogen-bond acceptors (Lipinski definition) is 3. The van der Waals surface area contributed by atoms with Gasteiger partial charge in [-0.1, -0.05) is 6.07 Å². The lowest BCUT2D eigenvalue weighted by molar-refractivity contribution is 0.0165. The van der Waals surface area contributed by atoms with Gasteiger partial charge in [0.1, 0.15) is 17.2 Å². The average Bonchev–Trinajstić information content (AvgIpc) is 2.44. The summed E-state index contributed by atoms with van der Waals surface area (Å²) in [6, 6.07) is 6.16. The third kappa shape index (κ3) is 5.20. The Morgan fingerprint density at radius 1 is 1.32 bits per heavy atom. The number of ether oxygens (including phenoxy) is 2. The van der Waals surface area contributed by atoms with Crippen molar-refractivity contribution in [2.45, 2.75) is 39.2 Å². The molecule has 0 aromatic heterocycles. The van der Waals surface area contributed by atoms with E-state index in [9.17, 15) is 9.18 Å². The summed E-state index contributed by atoms with van der Waals surface area (Å²) in [6.07, 6.45) is 1.49. The maximum Gasteiger partial charge on any atom is 0.410 e. The molecule has 1 aliphatic rings. The second-order valence-corrected chi connectivity index (χ2v) is 6.68. The number of hydrogen-bond donors (Lipinski definition) is 0. The van der Waals surface area contributed by atoms with Crippen molar-refractivity contribution in [3.63, 3.8) is 0 Å². The molecule has 1 saturated heterocycles. The van der Waals surface area contributed by atoms with Gasteiger partial charge in [-0.05, 0) is 51.7 Å². The molecule has 0 saturated carbocycles. The van der Waals surface area contributed by atoms with Gasteiger partial charge in [-0.2, -0.15) is 0 Å². The highest BCUT2D eigenvalue weighted by Crippen LogP contribution is 2.21. The first-order chi connectivity index (χ1) is 10.3. The molecule has 1 heterocycles. The zero-order valence-corrected chi connectivity index (χ0v) is 13.5. The van der Waals surface area contributed by atoms with E-state index >= 15 is 0 Å². The van der Waals surface area contributed by atoms with Crippen LogP contribution in [0.2, 0.25) is 0 Å². The van der Waals surface area contributed by atoms with Gasteiger partial charge < -0.3 is 14.4 Å². The molecule has 0 spiro atoms. The second-order valence-electron chi connectivity index (χ2n) is 6.68. The molecular formula is C17H24FNO3. The van der Waals surface area contributed by atoms with Crippen molar-refractivity contribution in [3.05, 3.63) is 30.1 Å². The van der Waals surface area contributed by atoms with E-state index in [0.717, 1.165) is 12.8 Å². The number of halogens is 1. The first-order valence-electron chi connectivity index (χ1n) is 7.70. The summed E-state index contributed by atoms with van der Waals surface area (Å²) in [6.45, 7) is 7.49. The molecule has 0 N–H and O–H groups in total. The third-order valence-electron chi connectivity index (χ3n) is 3.55. The van der Waals surface area contributed by atoms with Gasteiger partial charge in [0.2, 0.25) is 0 Å². The van der Waals surface area contributed by atoms with Crippen molar-refractivity contribution in [1.29, 1.82) is 0 Å². The van der Waals surface area contributed by atoms with E-state index in [1.807, 2.05) is 20.8 Å². The topological polar surface area (TPSA) is 38.8 Å². The molecule has 1 fully saturated rings. The molecule has 0 radical (unpaired) electrons. The lowest BCUT2D eigenvalue weighted by Gasteiger charge is -2.33. The predicted octanol–water partition coefficient (Wildman–Crippen LogP) is 3.85. The Kier molecular flexibility index (Phi) is 5.27. The maximum atomic E-state index is 13.1. The Bertz CT molecular complexity index is 505. The fourth-order valence-corrected chi connectivity index (χ4v) is 2.38.